The largest absolute Gasteiger partial charge is 0.324 e. The minimum atomic E-state index is -0.135. The Kier molecular flexibility index (Phi) is 4.11. The number of hydrogen-bond donors (Lipinski definition) is 1. The van der Waals surface area contributed by atoms with Crippen molar-refractivity contribution in [3.05, 3.63) is 38.9 Å². The molecule has 1 aromatic heterocycles. The molecular weight excluding hydrogens is 399 g/mol. The van der Waals surface area contributed by atoms with Crippen molar-refractivity contribution in [3.63, 3.8) is 0 Å². The summed E-state index contributed by atoms with van der Waals surface area (Å²) in [5.41, 5.74) is 0.749. The second kappa shape index (κ2) is 5.58. The molecule has 0 aliphatic carbocycles. The van der Waals surface area contributed by atoms with Crippen LogP contribution in [0.4, 0.5) is 5.69 Å². The quantitative estimate of drug-likeness (QED) is 0.795. The van der Waals surface area contributed by atoms with E-state index in [9.17, 15) is 4.79 Å². The molecule has 0 bridgehead atoms. The maximum absolute atomic E-state index is 11.7. The van der Waals surface area contributed by atoms with Gasteiger partial charge in [-0.3, -0.25) is 4.79 Å². The van der Waals surface area contributed by atoms with Crippen molar-refractivity contribution in [1.29, 1.82) is 0 Å². The minimum absolute atomic E-state index is 0.135. The molecule has 5 nitrogen and oxygen atoms in total. The lowest BCUT2D eigenvalue weighted by molar-refractivity contribution is -0.116. The van der Waals surface area contributed by atoms with Gasteiger partial charge in [0.1, 0.15) is 12.9 Å². The number of halogens is 2. The Balaban J connectivity index is 1.98. The van der Waals surface area contributed by atoms with Gasteiger partial charge in [-0.05, 0) is 18.2 Å². The SMILES string of the molecule is O=C(Cn1cnc(I)n1)Nc1cccc(Br)c1. The van der Waals surface area contributed by atoms with Crippen molar-refractivity contribution in [2.75, 3.05) is 5.32 Å². The van der Waals surface area contributed by atoms with E-state index in [1.165, 1.54) is 11.0 Å². The van der Waals surface area contributed by atoms with E-state index < -0.39 is 0 Å². The lowest BCUT2D eigenvalue weighted by atomic mass is 10.3. The van der Waals surface area contributed by atoms with Crippen LogP contribution in [0.3, 0.4) is 0 Å². The van der Waals surface area contributed by atoms with E-state index in [4.69, 9.17) is 0 Å². The number of carbonyl (C=O) groups is 1. The average Bonchev–Trinajstić information content (AvgIpc) is 2.63. The number of nitrogens with zero attached hydrogens (tertiary/aromatic N) is 3. The zero-order chi connectivity index (χ0) is 12.3. The van der Waals surface area contributed by atoms with Crippen molar-refractivity contribution in [1.82, 2.24) is 14.8 Å². The Morgan fingerprint density at radius 1 is 1.53 bits per heavy atom. The highest BCUT2D eigenvalue weighted by Gasteiger charge is 2.05. The van der Waals surface area contributed by atoms with Crippen molar-refractivity contribution in [2.45, 2.75) is 6.54 Å². The van der Waals surface area contributed by atoms with Gasteiger partial charge in [0.05, 0.1) is 0 Å². The lowest BCUT2D eigenvalue weighted by Crippen LogP contribution is -2.19. The number of benzene rings is 1. The van der Waals surface area contributed by atoms with E-state index in [0.29, 0.717) is 3.83 Å². The Bertz CT molecular complexity index is 543. The number of amides is 1. The molecule has 0 aliphatic heterocycles. The summed E-state index contributed by atoms with van der Waals surface area (Å²) in [5.74, 6) is -0.135. The lowest BCUT2D eigenvalue weighted by Gasteiger charge is -2.05. The predicted octanol–water partition coefficient (Wildman–Crippen LogP) is 2.28. The molecule has 0 atom stereocenters. The topological polar surface area (TPSA) is 59.8 Å². The number of carbonyl (C=O) groups excluding carboxylic acids is 1. The summed E-state index contributed by atoms with van der Waals surface area (Å²) in [7, 11) is 0. The van der Waals surface area contributed by atoms with Crippen LogP contribution in [0.15, 0.2) is 35.1 Å². The smallest absolute Gasteiger partial charge is 0.246 e. The first-order valence-electron chi connectivity index (χ1n) is 4.74. The standard InChI is InChI=1S/C10H8BrIN4O/c11-7-2-1-3-8(4-7)14-9(17)5-16-6-13-10(12)15-16/h1-4,6H,5H2,(H,14,17). The summed E-state index contributed by atoms with van der Waals surface area (Å²) in [4.78, 5) is 15.6. The maximum Gasteiger partial charge on any atom is 0.246 e. The number of rotatable bonds is 3. The minimum Gasteiger partial charge on any atom is -0.324 e. The van der Waals surface area contributed by atoms with Crippen LogP contribution in [-0.2, 0) is 11.3 Å². The van der Waals surface area contributed by atoms with Crippen molar-refractivity contribution >= 4 is 50.1 Å². The van der Waals surface area contributed by atoms with Crippen LogP contribution < -0.4 is 5.32 Å². The van der Waals surface area contributed by atoms with Gasteiger partial charge in [0, 0.05) is 32.8 Å². The Hall–Kier alpha value is -0.960. The van der Waals surface area contributed by atoms with Crippen LogP contribution in [0.5, 0.6) is 0 Å². The van der Waals surface area contributed by atoms with E-state index in [2.05, 4.69) is 31.3 Å². The maximum atomic E-state index is 11.7. The molecule has 2 rings (SSSR count). The van der Waals surface area contributed by atoms with Gasteiger partial charge >= 0.3 is 0 Å². The van der Waals surface area contributed by atoms with Crippen LogP contribution in [-0.4, -0.2) is 20.7 Å². The third-order valence-electron chi connectivity index (χ3n) is 1.92. The molecule has 0 saturated carbocycles. The fourth-order valence-electron chi connectivity index (χ4n) is 1.26. The normalized spacial score (nSPS) is 10.2. The van der Waals surface area contributed by atoms with Crippen LogP contribution in [0, 0.1) is 3.83 Å². The fourth-order valence-corrected chi connectivity index (χ4v) is 2.06. The van der Waals surface area contributed by atoms with Crippen molar-refractivity contribution < 1.29 is 4.79 Å². The Labute approximate surface area is 120 Å². The molecule has 7 heteroatoms. The highest BCUT2D eigenvalue weighted by atomic mass is 127. The summed E-state index contributed by atoms with van der Waals surface area (Å²) < 4.78 is 3.04. The first kappa shape index (κ1) is 12.5. The highest BCUT2D eigenvalue weighted by molar-refractivity contribution is 14.1. The van der Waals surface area contributed by atoms with Crippen LogP contribution in [0.25, 0.3) is 0 Å². The molecule has 0 spiro atoms. The van der Waals surface area contributed by atoms with E-state index >= 15 is 0 Å². The summed E-state index contributed by atoms with van der Waals surface area (Å²) in [6.45, 7) is 0.155. The van der Waals surface area contributed by atoms with Gasteiger partial charge in [0.25, 0.3) is 0 Å². The molecule has 1 heterocycles. The molecule has 0 unspecified atom stereocenters. The summed E-state index contributed by atoms with van der Waals surface area (Å²) in [5, 5.41) is 6.81. The second-order valence-electron chi connectivity index (χ2n) is 3.27. The van der Waals surface area contributed by atoms with Gasteiger partial charge < -0.3 is 5.32 Å². The average molecular weight is 407 g/mol. The fraction of sp³-hybridized carbons (Fsp3) is 0.100. The van der Waals surface area contributed by atoms with Gasteiger partial charge in [0.2, 0.25) is 9.74 Å². The van der Waals surface area contributed by atoms with E-state index in [0.717, 1.165) is 10.2 Å². The number of aromatic nitrogens is 3. The first-order valence-corrected chi connectivity index (χ1v) is 6.61. The first-order chi connectivity index (χ1) is 8.13. The molecule has 1 N–H and O–H groups in total. The molecule has 0 fully saturated rings. The number of hydrogen-bond acceptors (Lipinski definition) is 3. The Morgan fingerprint density at radius 3 is 3.00 bits per heavy atom. The molecule has 1 aromatic carbocycles. The molecule has 17 heavy (non-hydrogen) atoms. The van der Waals surface area contributed by atoms with Gasteiger partial charge in [0.15, 0.2) is 0 Å². The molecular formula is C10H8BrIN4O. The molecule has 0 radical (unpaired) electrons. The van der Waals surface area contributed by atoms with Gasteiger partial charge in [-0.1, -0.05) is 22.0 Å². The summed E-state index contributed by atoms with van der Waals surface area (Å²) in [6, 6.07) is 7.42. The molecule has 2 aromatic rings. The Morgan fingerprint density at radius 2 is 2.35 bits per heavy atom. The second-order valence-corrected chi connectivity index (χ2v) is 5.15. The number of anilines is 1. The monoisotopic (exact) mass is 406 g/mol. The van der Waals surface area contributed by atoms with E-state index in [1.807, 2.05) is 46.9 Å². The predicted molar refractivity (Wildman–Crippen MR) is 75.5 cm³/mol. The molecule has 0 saturated heterocycles. The summed E-state index contributed by atoms with van der Waals surface area (Å²) >= 11 is 5.34. The van der Waals surface area contributed by atoms with Crippen molar-refractivity contribution in [2.24, 2.45) is 0 Å². The zero-order valence-electron chi connectivity index (χ0n) is 8.60. The van der Waals surface area contributed by atoms with Crippen LogP contribution in [0.2, 0.25) is 0 Å². The molecule has 88 valence electrons. The zero-order valence-corrected chi connectivity index (χ0v) is 12.3. The van der Waals surface area contributed by atoms with Crippen LogP contribution >= 0.6 is 38.5 Å². The van der Waals surface area contributed by atoms with Crippen molar-refractivity contribution in [3.8, 4) is 0 Å². The third-order valence-corrected chi connectivity index (χ3v) is 2.91. The van der Waals surface area contributed by atoms with Crippen LogP contribution in [0.1, 0.15) is 0 Å². The molecule has 0 aliphatic rings. The van der Waals surface area contributed by atoms with Gasteiger partial charge in [-0.15, -0.1) is 5.10 Å². The van der Waals surface area contributed by atoms with Gasteiger partial charge in [-0.25, -0.2) is 9.67 Å². The number of nitrogens with one attached hydrogen (secondary N) is 1. The molecule has 1 amide bonds. The van der Waals surface area contributed by atoms with E-state index in [1.54, 1.807) is 0 Å². The summed E-state index contributed by atoms with van der Waals surface area (Å²) in [6.07, 6.45) is 1.53. The van der Waals surface area contributed by atoms with E-state index in [-0.39, 0.29) is 12.5 Å². The van der Waals surface area contributed by atoms with Gasteiger partial charge in [-0.2, -0.15) is 0 Å². The third kappa shape index (κ3) is 3.77. The highest BCUT2D eigenvalue weighted by Crippen LogP contribution is 2.15.